The van der Waals surface area contributed by atoms with Gasteiger partial charge in [0.2, 0.25) is 5.79 Å². The number of hydrogen-bond acceptors (Lipinski definition) is 12. The van der Waals surface area contributed by atoms with Gasteiger partial charge in [-0.1, -0.05) is 51.8 Å². The zero-order valence-electron chi connectivity index (χ0n) is 36.7. The van der Waals surface area contributed by atoms with Crippen LogP contribution in [0.25, 0.3) is 0 Å². The van der Waals surface area contributed by atoms with E-state index >= 15 is 0 Å². The molecular weight excluding hydrogens is 746 g/mol. The Bertz CT molecular complexity index is 1510. The summed E-state index contributed by atoms with van der Waals surface area (Å²) >= 11 is 0. The summed E-state index contributed by atoms with van der Waals surface area (Å²) in [5.41, 5.74) is 1.73. The van der Waals surface area contributed by atoms with Crippen LogP contribution in [0.15, 0.2) is 23.3 Å². The van der Waals surface area contributed by atoms with Crippen LogP contribution in [0, 0.1) is 29.6 Å². The van der Waals surface area contributed by atoms with E-state index in [2.05, 4.69) is 13.0 Å². The Labute approximate surface area is 345 Å². The second-order valence-corrected chi connectivity index (χ2v) is 17.6. The molecule has 1 aliphatic carbocycles. The van der Waals surface area contributed by atoms with Crippen LogP contribution >= 0.6 is 0 Å². The summed E-state index contributed by atoms with van der Waals surface area (Å²) in [6.07, 6.45) is 7.08. The first-order valence-electron chi connectivity index (χ1n) is 21.6. The van der Waals surface area contributed by atoms with E-state index in [1.54, 1.807) is 14.0 Å². The summed E-state index contributed by atoms with van der Waals surface area (Å²) in [6, 6.07) is -1.13. The average Bonchev–Trinajstić information content (AvgIpc) is 3.20. The van der Waals surface area contributed by atoms with Gasteiger partial charge in [-0.3, -0.25) is 19.2 Å². The Kier molecular flexibility index (Phi) is 17.7. The first kappa shape index (κ1) is 47.7. The van der Waals surface area contributed by atoms with Crippen molar-refractivity contribution in [1.29, 1.82) is 0 Å². The van der Waals surface area contributed by atoms with Crippen LogP contribution in [-0.2, 0) is 52.4 Å². The molecule has 13 heteroatoms. The fraction of sp³-hybridized carbons (Fsp3) is 0.800. The van der Waals surface area contributed by atoms with E-state index in [1.165, 1.54) is 26.0 Å². The van der Waals surface area contributed by atoms with Crippen molar-refractivity contribution in [2.45, 2.75) is 174 Å². The van der Waals surface area contributed by atoms with Gasteiger partial charge in [-0.15, -0.1) is 0 Å². The molecule has 3 aliphatic heterocycles. The third-order valence-corrected chi connectivity index (χ3v) is 13.1. The minimum Gasteiger partial charge on any atom is -0.462 e. The quantitative estimate of drug-likeness (QED) is 0.179. The fourth-order valence-corrected chi connectivity index (χ4v) is 9.74. The molecule has 0 spiro atoms. The number of cyclic esters (lactones) is 1. The van der Waals surface area contributed by atoms with Crippen LogP contribution in [0.2, 0.25) is 0 Å². The lowest BCUT2D eigenvalue weighted by Gasteiger charge is -2.47. The predicted molar refractivity (Wildman–Crippen MR) is 216 cm³/mol. The highest BCUT2D eigenvalue weighted by molar-refractivity contribution is 6.39. The lowest BCUT2D eigenvalue weighted by Crippen LogP contribution is -2.64. The fourth-order valence-electron chi connectivity index (χ4n) is 9.74. The van der Waals surface area contributed by atoms with E-state index in [0.29, 0.717) is 32.1 Å². The van der Waals surface area contributed by atoms with E-state index in [4.69, 9.17) is 28.4 Å². The standard InChI is InChI=1S/C45H71NO12/c1-11-33-20-26(2)19-27(3)21-38(54-9)41-39(55-10)23-29(5)45(52,58-41)42(49)43(50)46-18-13-12-17-35(46)44(51)57-40(30(6)37(25-36(33)48)56-31(7)47)28(4)22-32-15-14-16-34(24-32)53-8/h20,22,27,29-30,32-35,37-41,52H,11-19,21,23-25H2,1-10H3/b26-20+,28-22+/t27-,29+,30+,32-,33+,34-,35-,37-,38-,39-,40+,41+,45+/m0/s1. The number of fused-ring (bicyclic) bond motifs is 3. The number of aliphatic hydroxyl groups is 1. The third-order valence-electron chi connectivity index (χ3n) is 13.1. The Balaban J connectivity index is 1.82. The Morgan fingerprint density at radius 2 is 1.60 bits per heavy atom. The minimum absolute atomic E-state index is 0.0266. The summed E-state index contributed by atoms with van der Waals surface area (Å²) in [6.45, 7) is 12.7. The molecule has 2 bridgehead atoms. The topological polar surface area (TPSA) is 164 Å². The molecule has 1 amide bonds. The van der Waals surface area contributed by atoms with Gasteiger partial charge in [0.25, 0.3) is 11.7 Å². The van der Waals surface area contributed by atoms with Crippen LogP contribution in [0.3, 0.4) is 0 Å². The molecule has 0 unspecified atom stereocenters. The minimum atomic E-state index is -2.50. The second kappa shape index (κ2) is 21.5. The van der Waals surface area contributed by atoms with Gasteiger partial charge in [-0.25, -0.2) is 4.79 Å². The zero-order valence-corrected chi connectivity index (χ0v) is 36.7. The Morgan fingerprint density at radius 1 is 0.914 bits per heavy atom. The summed E-state index contributed by atoms with van der Waals surface area (Å²) in [7, 11) is 4.78. The zero-order chi connectivity index (χ0) is 42.9. The highest BCUT2D eigenvalue weighted by Crippen LogP contribution is 2.39. The van der Waals surface area contributed by atoms with Gasteiger partial charge in [0, 0.05) is 59.0 Å². The van der Waals surface area contributed by atoms with E-state index in [-0.39, 0.29) is 49.5 Å². The first-order chi connectivity index (χ1) is 27.5. The number of carbonyl (C=O) groups excluding carboxylic acids is 5. The third kappa shape index (κ3) is 11.6. The molecule has 13 nitrogen and oxygen atoms in total. The number of esters is 2. The van der Waals surface area contributed by atoms with E-state index in [1.807, 2.05) is 33.8 Å². The summed E-state index contributed by atoms with van der Waals surface area (Å²) in [4.78, 5) is 71.0. The number of carbonyl (C=O) groups is 5. The van der Waals surface area contributed by atoms with Crippen LogP contribution in [0.5, 0.6) is 0 Å². The van der Waals surface area contributed by atoms with E-state index in [9.17, 15) is 29.1 Å². The molecule has 328 valence electrons. The lowest BCUT2D eigenvalue weighted by atomic mass is 9.82. The SMILES string of the molecule is CC[C@@H]1/C=C(\C)C[C@H](C)C[C@H](OC)[C@H]2O[C@@](O)(C(=O)C(=O)N3CCCC[C@H]3C(=O)O[C@H](/C(C)=C/[C@@H]3CCC[C@H](OC)C3)[C@H](C)[C@@H](OC(C)=O)CC1=O)[C@H](C)C[C@@H]2OC. The van der Waals surface area contributed by atoms with Crippen molar-refractivity contribution in [3.63, 3.8) is 0 Å². The van der Waals surface area contributed by atoms with Crippen molar-refractivity contribution < 1.29 is 57.5 Å². The molecule has 0 aromatic heterocycles. The smallest absolute Gasteiger partial charge is 0.329 e. The van der Waals surface area contributed by atoms with Gasteiger partial charge in [0.15, 0.2) is 0 Å². The van der Waals surface area contributed by atoms with Crippen LogP contribution in [0.1, 0.15) is 126 Å². The molecule has 58 heavy (non-hydrogen) atoms. The molecule has 3 heterocycles. The number of hydrogen-bond donors (Lipinski definition) is 1. The van der Waals surface area contributed by atoms with Gasteiger partial charge in [-0.2, -0.15) is 0 Å². The van der Waals surface area contributed by atoms with Gasteiger partial charge >= 0.3 is 11.9 Å². The molecule has 13 atom stereocenters. The van der Waals surface area contributed by atoms with Crippen LogP contribution < -0.4 is 0 Å². The summed E-state index contributed by atoms with van der Waals surface area (Å²) in [5.74, 6) is -7.81. The number of nitrogens with zero attached hydrogens (tertiary/aromatic N) is 1. The molecule has 4 rings (SSSR count). The number of allylic oxidation sites excluding steroid dienone is 3. The highest BCUT2D eigenvalue weighted by Gasteiger charge is 2.56. The first-order valence-corrected chi connectivity index (χ1v) is 21.6. The van der Waals surface area contributed by atoms with Crippen LogP contribution in [0.4, 0.5) is 0 Å². The van der Waals surface area contributed by atoms with E-state index in [0.717, 1.165) is 36.8 Å². The molecule has 1 N–H and O–H groups in total. The number of piperidine rings is 1. The number of rotatable bonds is 7. The molecule has 0 aromatic rings. The monoisotopic (exact) mass is 817 g/mol. The van der Waals surface area contributed by atoms with Gasteiger partial charge in [-0.05, 0) is 95.5 Å². The number of methoxy groups -OCH3 is 3. The highest BCUT2D eigenvalue weighted by atomic mass is 16.7. The van der Waals surface area contributed by atoms with Crippen molar-refractivity contribution in [2.75, 3.05) is 27.9 Å². The normalized spacial score (nSPS) is 39.1. The Hall–Kier alpha value is -2.97. The van der Waals surface area contributed by atoms with E-state index < -0.39 is 83.7 Å². The second-order valence-electron chi connectivity index (χ2n) is 17.6. The van der Waals surface area contributed by atoms with Gasteiger partial charge < -0.3 is 38.4 Å². The average molecular weight is 818 g/mol. The molecule has 0 radical (unpaired) electrons. The van der Waals surface area contributed by atoms with Crippen molar-refractivity contribution in [1.82, 2.24) is 4.90 Å². The predicted octanol–water partition coefficient (Wildman–Crippen LogP) is 6.07. The molecule has 0 aromatic carbocycles. The van der Waals surface area contributed by atoms with Gasteiger partial charge in [0.1, 0.15) is 30.1 Å². The number of amides is 1. The van der Waals surface area contributed by atoms with Crippen molar-refractivity contribution in [2.24, 2.45) is 29.6 Å². The van der Waals surface area contributed by atoms with Crippen molar-refractivity contribution in [3.8, 4) is 0 Å². The Morgan fingerprint density at radius 3 is 2.24 bits per heavy atom. The molecule has 2 saturated heterocycles. The lowest BCUT2D eigenvalue weighted by molar-refractivity contribution is -0.302. The van der Waals surface area contributed by atoms with Gasteiger partial charge in [0.05, 0.1) is 18.3 Å². The maximum absolute atomic E-state index is 14.5. The maximum Gasteiger partial charge on any atom is 0.329 e. The van der Waals surface area contributed by atoms with Crippen molar-refractivity contribution >= 4 is 29.4 Å². The van der Waals surface area contributed by atoms with Crippen molar-refractivity contribution in [3.05, 3.63) is 23.3 Å². The largest absolute Gasteiger partial charge is 0.462 e. The summed E-state index contributed by atoms with van der Waals surface area (Å²) in [5, 5.41) is 12.1. The number of ketones is 2. The molecule has 1 saturated carbocycles. The van der Waals surface area contributed by atoms with Crippen LogP contribution in [-0.4, -0.2) is 116 Å². The molecular formula is C45H71NO12. The maximum atomic E-state index is 14.5. The number of Topliss-reactive ketones (excluding diaryl/α,β-unsaturated/α-hetero) is 2. The molecule has 3 fully saturated rings. The molecule has 4 aliphatic rings. The number of ether oxygens (including phenoxy) is 6. The summed E-state index contributed by atoms with van der Waals surface area (Å²) < 4.78 is 36.0.